The molecule has 0 bridgehead atoms. The number of halogens is 1. The van der Waals surface area contributed by atoms with Crippen molar-refractivity contribution >= 4 is 11.6 Å². The van der Waals surface area contributed by atoms with Gasteiger partial charge in [0.2, 0.25) is 5.91 Å². The van der Waals surface area contributed by atoms with E-state index in [0.29, 0.717) is 24.4 Å². The number of amides is 1. The number of hydrogen-bond donors (Lipinski definition) is 1. The number of ether oxygens (including phenoxy) is 2. The maximum absolute atomic E-state index is 13.7. The number of anilines is 1. The van der Waals surface area contributed by atoms with Gasteiger partial charge in [-0.15, -0.1) is 0 Å². The van der Waals surface area contributed by atoms with E-state index < -0.39 is 0 Å². The Kier molecular flexibility index (Phi) is 6.46. The van der Waals surface area contributed by atoms with E-state index >= 15 is 0 Å². The molecule has 1 amide bonds. The molecular formula is C24H29FN2O3. The summed E-state index contributed by atoms with van der Waals surface area (Å²) in [4.78, 5) is 14.7. The molecule has 2 aromatic rings. The third-order valence-corrected chi connectivity index (χ3v) is 6.20. The van der Waals surface area contributed by atoms with E-state index in [9.17, 15) is 9.18 Å². The van der Waals surface area contributed by atoms with Gasteiger partial charge in [0.05, 0.1) is 24.9 Å². The van der Waals surface area contributed by atoms with Crippen LogP contribution in [0.15, 0.2) is 48.5 Å². The summed E-state index contributed by atoms with van der Waals surface area (Å²) in [5, 5.41) is 2.84. The summed E-state index contributed by atoms with van der Waals surface area (Å²) in [7, 11) is 0. The standard InChI is InChI=1S/C24H29FN2O3/c1-18-20(25)9-5-10-21(18)26-23(28)16-27-13-12-24(11-6-14-30-24)22(15-27)29-17-19-7-3-2-4-8-19/h2-5,7-10,22H,6,11-17H2,1H3,(H,26,28)/t22-,24+/m0/s1. The molecule has 2 aromatic carbocycles. The number of likely N-dealkylation sites (tertiary alicyclic amines) is 1. The Labute approximate surface area is 177 Å². The molecule has 1 spiro atoms. The SMILES string of the molecule is Cc1c(F)cccc1NC(=O)CN1CC[C@]2(CCCO2)[C@@H](OCc2ccccc2)C1. The van der Waals surface area contributed by atoms with Gasteiger partial charge in [0.25, 0.3) is 0 Å². The Balaban J connectivity index is 1.38. The minimum absolute atomic E-state index is 0.0855. The Morgan fingerprint density at radius 1 is 1.23 bits per heavy atom. The van der Waals surface area contributed by atoms with Gasteiger partial charge in [-0.2, -0.15) is 0 Å². The van der Waals surface area contributed by atoms with E-state index in [4.69, 9.17) is 9.47 Å². The Hall–Kier alpha value is -2.28. The molecule has 0 radical (unpaired) electrons. The molecule has 4 rings (SSSR count). The van der Waals surface area contributed by atoms with Crippen molar-refractivity contribution in [1.29, 1.82) is 0 Å². The quantitative estimate of drug-likeness (QED) is 0.782. The Morgan fingerprint density at radius 2 is 2.07 bits per heavy atom. The van der Waals surface area contributed by atoms with Crippen molar-refractivity contribution in [3.8, 4) is 0 Å². The van der Waals surface area contributed by atoms with Gasteiger partial charge in [0, 0.05) is 30.9 Å². The van der Waals surface area contributed by atoms with Crippen molar-refractivity contribution < 1.29 is 18.7 Å². The summed E-state index contributed by atoms with van der Waals surface area (Å²) in [5.41, 5.74) is 1.85. The molecule has 2 atom stereocenters. The Morgan fingerprint density at radius 3 is 2.83 bits per heavy atom. The van der Waals surface area contributed by atoms with Gasteiger partial charge < -0.3 is 14.8 Å². The van der Waals surface area contributed by atoms with Crippen molar-refractivity contribution in [2.45, 2.75) is 44.5 Å². The normalized spacial score (nSPS) is 24.3. The highest BCUT2D eigenvalue weighted by Crippen LogP contribution is 2.38. The third-order valence-electron chi connectivity index (χ3n) is 6.20. The fourth-order valence-corrected chi connectivity index (χ4v) is 4.43. The summed E-state index contributed by atoms with van der Waals surface area (Å²) in [6.07, 6.45) is 2.80. The molecule has 6 heteroatoms. The van der Waals surface area contributed by atoms with Crippen LogP contribution in [0.3, 0.4) is 0 Å². The van der Waals surface area contributed by atoms with Crippen molar-refractivity contribution in [2.75, 3.05) is 31.6 Å². The van der Waals surface area contributed by atoms with E-state index in [1.54, 1.807) is 19.1 Å². The summed E-state index contributed by atoms with van der Waals surface area (Å²) in [6, 6.07) is 14.8. The molecule has 30 heavy (non-hydrogen) atoms. The smallest absolute Gasteiger partial charge is 0.238 e. The zero-order chi connectivity index (χ0) is 21.0. The van der Waals surface area contributed by atoms with Crippen LogP contribution >= 0.6 is 0 Å². The maximum Gasteiger partial charge on any atom is 0.238 e. The van der Waals surface area contributed by atoms with E-state index in [0.717, 1.165) is 38.0 Å². The highest BCUT2D eigenvalue weighted by atomic mass is 19.1. The van der Waals surface area contributed by atoms with Gasteiger partial charge in [-0.25, -0.2) is 4.39 Å². The molecule has 2 aliphatic heterocycles. The lowest BCUT2D eigenvalue weighted by atomic mass is 9.85. The molecule has 0 aromatic heterocycles. The van der Waals surface area contributed by atoms with Gasteiger partial charge >= 0.3 is 0 Å². The first-order valence-electron chi connectivity index (χ1n) is 10.6. The summed E-state index contributed by atoms with van der Waals surface area (Å²) in [5.74, 6) is -0.464. The molecular weight excluding hydrogens is 383 g/mol. The lowest BCUT2D eigenvalue weighted by Gasteiger charge is -2.44. The maximum atomic E-state index is 13.7. The van der Waals surface area contributed by atoms with E-state index in [-0.39, 0.29) is 30.0 Å². The van der Waals surface area contributed by atoms with E-state index in [2.05, 4.69) is 22.3 Å². The second-order valence-electron chi connectivity index (χ2n) is 8.25. The first-order chi connectivity index (χ1) is 14.6. The van der Waals surface area contributed by atoms with Gasteiger partial charge in [-0.05, 0) is 43.9 Å². The molecule has 2 fully saturated rings. The zero-order valence-corrected chi connectivity index (χ0v) is 17.4. The highest BCUT2D eigenvalue weighted by Gasteiger charge is 2.47. The third kappa shape index (κ3) is 4.72. The number of nitrogens with one attached hydrogen (secondary N) is 1. The van der Waals surface area contributed by atoms with Crippen LogP contribution in [0.1, 0.15) is 30.4 Å². The van der Waals surface area contributed by atoms with Crippen molar-refractivity contribution in [1.82, 2.24) is 4.90 Å². The Bertz CT molecular complexity index is 868. The number of carbonyl (C=O) groups excluding carboxylic acids is 1. The second-order valence-corrected chi connectivity index (χ2v) is 8.25. The van der Waals surface area contributed by atoms with Crippen LogP contribution in [0.25, 0.3) is 0 Å². The van der Waals surface area contributed by atoms with Crippen molar-refractivity contribution in [3.63, 3.8) is 0 Å². The number of piperidine rings is 1. The predicted octanol–water partition coefficient (Wildman–Crippen LogP) is 3.91. The largest absolute Gasteiger partial charge is 0.372 e. The lowest BCUT2D eigenvalue weighted by Crippen LogP contribution is -2.57. The average molecular weight is 413 g/mol. The molecule has 160 valence electrons. The molecule has 0 aliphatic carbocycles. The minimum Gasteiger partial charge on any atom is -0.372 e. The molecule has 2 heterocycles. The van der Waals surface area contributed by atoms with Crippen LogP contribution in [0.4, 0.5) is 10.1 Å². The van der Waals surface area contributed by atoms with Crippen LogP contribution in [0.5, 0.6) is 0 Å². The zero-order valence-electron chi connectivity index (χ0n) is 17.4. The summed E-state index contributed by atoms with van der Waals surface area (Å²) in [6.45, 7) is 4.63. The van der Waals surface area contributed by atoms with Gasteiger partial charge in [0.1, 0.15) is 5.82 Å². The molecule has 1 N–H and O–H groups in total. The highest BCUT2D eigenvalue weighted by molar-refractivity contribution is 5.93. The molecule has 5 nitrogen and oxygen atoms in total. The molecule has 2 aliphatic rings. The van der Waals surface area contributed by atoms with Gasteiger partial charge in [-0.3, -0.25) is 9.69 Å². The first kappa shape index (κ1) is 21.0. The van der Waals surface area contributed by atoms with Gasteiger partial charge in [-0.1, -0.05) is 36.4 Å². The first-order valence-corrected chi connectivity index (χ1v) is 10.6. The monoisotopic (exact) mass is 412 g/mol. The number of rotatable bonds is 6. The average Bonchev–Trinajstić information content (AvgIpc) is 3.22. The molecule has 2 saturated heterocycles. The lowest BCUT2D eigenvalue weighted by molar-refractivity contribution is -0.159. The van der Waals surface area contributed by atoms with Crippen LogP contribution in [0.2, 0.25) is 0 Å². The van der Waals surface area contributed by atoms with Gasteiger partial charge in [0.15, 0.2) is 0 Å². The van der Waals surface area contributed by atoms with Crippen LogP contribution < -0.4 is 5.32 Å². The van der Waals surface area contributed by atoms with E-state index in [1.807, 2.05) is 18.2 Å². The summed E-state index contributed by atoms with van der Waals surface area (Å²) < 4.78 is 26.2. The fourth-order valence-electron chi connectivity index (χ4n) is 4.43. The van der Waals surface area contributed by atoms with Crippen LogP contribution in [0, 0.1) is 12.7 Å². The molecule has 0 unspecified atom stereocenters. The van der Waals surface area contributed by atoms with Crippen molar-refractivity contribution in [2.24, 2.45) is 0 Å². The summed E-state index contributed by atoms with van der Waals surface area (Å²) >= 11 is 0. The second kappa shape index (κ2) is 9.25. The number of benzene rings is 2. The van der Waals surface area contributed by atoms with E-state index in [1.165, 1.54) is 6.07 Å². The number of nitrogens with zero attached hydrogens (tertiary/aromatic N) is 1. The van der Waals surface area contributed by atoms with Crippen LogP contribution in [-0.2, 0) is 20.9 Å². The number of hydrogen-bond acceptors (Lipinski definition) is 4. The topological polar surface area (TPSA) is 50.8 Å². The fraction of sp³-hybridized carbons (Fsp3) is 0.458. The minimum atomic E-state index is -0.319. The van der Waals surface area contributed by atoms with Crippen LogP contribution in [-0.4, -0.2) is 48.8 Å². The number of carbonyl (C=O) groups is 1. The van der Waals surface area contributed by atoms with Crippen molar-refractivity contribution in [3.05, 3.63) is 65.5 Å². The predicted molar refractivity (Wildman–Crippen MR) is 114 cm³/mol. The molecule has 0 saturated carbocycles.